The summed E-state index contributed by atoms with van der Waals surface area (Å²) < 4.78 is 0. The van der Waals surface area contributed by atoms with Crippen LogP contribution >= 0.6 is 0 Å². The minimum Gasteiger partial charge on any atom is -0.232 e. The summed E-state index contributed by atoms with van der Waals surface area (Å²) in [6.45, 7) is 2.86. The van der Waals surface area contributed by atoms with Gasteiger partial charge in [-0.1, -0.05) is 19.1 Å². The van der Waals surface area contributed by atoms with E-state index in [2.05, 4.69) is 25.2 Å². The zero-order valence-electron chi connectivity index (χ0n) is 6.67. The maximum atomic E-state index is 5.06. The van der Waals surface area contributed by atoms with Crippen molar-refractivity contribution in [3.8, 4) is 0 Å². The number of hydrogen-bond donors (Lipinski definition) is 0. The Labute approximate surface area is 66.4 Å². The number of allylic oxidation sites excluding steroid dienone is 2. The fourth-order valence-corrected chi connectivity index (χ4v) is 1.44. The Morgan fingerprint density at radius 3 is 3.00 bits per heavy atom. The summed E-state index contributed by atoms with van der Waals surface area (Å²) in [5.74, 6) is 0. The molecule has 1 unspecified atom stereocenters. The van der Waals surface area contributed by atoms with Gasteiger partial charge in [-0.3, -0.25) is 0 Å². The Balaban J connectivity index is 2.15. The van der Waals surface area contributed by atoms with Gasteiger partial charge >= 0.3 is 0 Å². The van der Waals surface area contributed by atoms with Crippen LogP contribution in [0.2, 0.25) is 0 Å². The molecule has 1 aliphatic carbocycles. The molecule has 2 nitrogen and oxygen atoms in total. The van der Waals surface area contributed by atoms with Gasteiger partial charge in [0.05, 0.1) is 0 Å². The van der Waals surface area contributed by atoms with Crippen molar-refractivity contribution in [2.75, 3.05) is 6.61 Å². The molecule has 0 aromatic carbocycles. The normalized spacial score (nSPS) is 35.2. The molecule has 11 heavy (non-hydrogen) atoms. The van der Waals surface area contributed by atoms with Gasteiger partial charge in [0, 0.05) is 6.42 Å². The van der Waals surface area contributed by atoms with E-state index in [1.54, 1.807) is 0 Å². The van der Waals surface area contributed by atoms with Crippen molar-refractivity contribution in [2.24, 2.45) is 0 Å². The van der Waals surface area contributed by atoms with Crippen LogP contribution in [-0.2, 0) is 9.78 Å². The van der Waals surface area contributed by atoms with Gasteiger partial charge < -0.3 is 0 Å². The smallest absolute Gasteiger partial charge is 0.152 e. The standard InChI is InChI=1S/C9H12O2/c1-2-8-4-3-5-9(6-8)7-10-11-9/h3-4,6H,2,5,7H2,1H3. The second kappa shape index (κ2) is 2.47. The van der Waals surface area contributed by atoms with Crippen molar-refractivity contribution < 1.29 is 9.78 Å². The molecule has 60 valence electrons. The first-order valence-corrected chi connectivity index (χ1v) is 4.03. The molecule has 0 aromatic heterocycles. The lowest BCUT2D eigenvalue weighted by atomic mass is 9.90. The Hall–Kier alpha value is -0.600. The fourth-order valence-electron chi connectivity index (χ4n) is 1.44. The highest BCUT2D eigenvalue weighted by atomic mass is 17.2. The monoisotopic (exact) mass is 152 g/mol. The van der Waals surface area contributed by atoms with Crippen LogP contribution in [0.5, 0.6) is 0 Å². The third-order valence-corrected chi connectivity index (χ3v) is 2.18. The highest BCUT2D eigenvalue weighted by molar-refractivity contribution is 5.29. The molecule has 1 atom stereocenters. The van der Waals surface area contributed by atoms with Crippen molar-refractivity contribution in [1.29, 1.82) is 0 Å². The second-order valence-electron chi connectivity index (χ2n) is 3.09. The van der Waals surface area contributed by atoms with Gasteiger partial charge in [0.1, 0.15) is 6.61 Å². The van der Waals surface area contributed by atoms with Gasteiger partial charge in [0.2, 0.25) is 0 Å². The number of hydrogen-bond acceptors (Lipinski definition) is 2. The van der Waals surface area contributed by atoms with Gasteiger partial charge in [-0.25, -0.2) is 9.78 Å². The van der Waals surface area contributed by atoms with Crippen LogP contribution in [0.15, 0.2) is 23.8 Å². The lowest BCUT2D eigenvalue weighted by Gasteiger charge is -2.38. The summed E-state index contributed by atoms with van der Waals surface area (Å²) in [6, 6.07) is 0. The summed E-state index contributed by atoms with van der Waals surface area (Å²) in [7, 11) is 0. The fraction of sp³-hybridized carbons (Fsp3) is 0.556. The first-order chi connectivity index (χ1) is 5.35. The Bertz CT molecular complexity index is 212. The summed E-state index contributed by atoms with van der Waals surface area (Å²) >= 11 is 0. The zero-order chi connectivity index (χ0) is 7.73. The zero-order valence-corrected chi connectivity index (χ0v) is 6.67. The summed E-state index contributed by atoms with van der Waals surface area (Å²) in [6.07, 6.45) is 8.52. The van der Waals surface area contributed by atoms with Crippen molar-refractivity contribution in [3.05, 3.63) is 23.8 Å². The van der Waals surface area contributed by atoms with Gasteiger partial charge in [-0.15, -0.1) is 0 Å². The van der Waals surface area contributed by atoms with Gasteiger partial charge in [0.15, 0.2) is 5.60 Å². The molecule has 1 fully saturated rings. The van der Waals surface area contributed by atoms with Crippen LogP contribution in [-0.4, -0.2) is 12.2 Å². The van der Waals surface area contributed by atoms with E-state index in [4.69, 9.17) is 9.78 Å². The van der Waals surface area contributed by atoms with Crippen molar-refractivity contribution in [2.45, 2.75) is 25.4 Å². The molecule has 0 radical (unpaired) electrons. The minimum atomic E-state index is -0.0971. The molecule has 2 rings (SSSR count). The highest BCUT2D eigenvalue weighted by Gasteiger charge is 2.39. The van der Waals surface area contributed by atoms with Crippen LogP contribution in [0.1, 0.15) is 19.8 Å². The molecular weight excluding hydrogens is 140 g/mol. The minimum absolute atomic E-state index is 0.0971. The highest BCUT2D eigenvalue weighted by Crippen LogP contribution is 2.33. The third kappa shape index (κ3) is 1.12. The van der Waals surface area contributed by atoms with Crippen LogP contribution in [0.4, 0.5) is 0 Å². The first-order valence-electron chi connectivity index (χ1n) is 4.03. The molecule has 0 saturated carbocycles. The predicted octanol–water partition coefficient (Wildman–Crippen LogP) is 1.98. The molecule has 0 amide bonds. The average Bonchev–Trinajstić information content (AvgIpc) is 2.02. The van der Waals surface area contributed by atoms with Crippen LogP contribution in [0, 0.1) is 0 Å². The van der Waals surface area contributed by atoms with Crippen molar-refractivity contribution in [1.82, 2.24) is 0 Å². The van der Waals surface area contributed by atoms with E-state index in [9.17, 15) is 0 Å². The van der Waals surface area contributed by atoms with E-state index >= 15 is 0 Å². The van der Waals surface area contributed by atoms with E-state index in [-0.39, 0.29) is 5.60 Å². The molecule has 1 spiro atoms. The predicted molar refractivity (Wildman–Crippen MR) is 41.9 cm³/mol. The van der Waals surface area contributed by atoms with E-state index in [0.29, 0.717) is 6.61 Å². The quantitative estimate of drug-likeness (QED) is 0.535. The molecule has 1 heterocycles. The van der Waals surface area contributed by atoms with E-state index in [1.807, 2.05) is 0 Å². The van der Waals surface area contributed by atoms with Crippen molar-refractivity contribution in [3.63, 3.8) is 0 Å². The van der Waals surface area contributed by atoms with E-state index < -0.39 is 0 Å². The van der Waals surface area contributed by atoms with Gasteiger partial charge in [-0.2, -0.15) is 0 Å². The summed E-state index contributed by atoms with van der Waals surface area (Å²) in [5, 5.41) is 0. The van der Waals surface area contributed by atoms with Gasteiger partial charge in [0.25, 0.3) is 0 Å². The Kier molecular flexibility index (Phi) is 1.59. The van der Waals surface area contributed by atoms with Gasteiger partial charge in [-0.05, 0) is 18.1 Å². The molecule has 0 aromatic rings. The maximum absolute atomic E-state index is 5.06. The Morgan fingerprint density at radius 1 is 1.64 bits per heavy atom. The van der Waals surface area contributed by atoms with E-state index in [1.165, 1.54) is 5.57 Å². The van der Waals surface area contributed by atoms with Crippen LogP contribution < -0.4 is 0 Å². The molecule has 2 heteroatoms. The molecule has 0 bridgehead atoms. The third-order valence-electron chi connectivity index (χ3n) is 2.18. The van der Waals surface area contributed by atoms with Crippen molar-refractivity contribution >= 4 is 0 Å². The SMILES string of the molecule is CCC1=CC2(CC=C1)COO2. The molecule has 2 aliphatic rings. The second-order valence-corrected chi connectivity index (χ2v) is 3.09. The van der Waals surface area contributed by atoms with E-state index in [0.717, 1.165) is 12.8 Å². The van der Waals surface area contributed by atoms with Crippen LogP contribution in [0.3, 0.4) is 0 Å². The largest absolute Gasteiger partial charge is 0.232 e. The lowest BCUT2D eigenvalue weighted by Crippen LogP contribution is -2.46. The topological polar surface area (TPSA) is 18.5 Å². The average molecular weight is 152 g/mol. The molecule has 1 aliphatic heterocycles. The Morgan fingerprint density at radius 2 is 2.45 bits per heavy atom. The number of rotatable bonds is 1. The molecule has 0 N–H and O–H groups in total. The maximum Gasteiger partial charge on any atom is 0.152 e. The lowest BCUT2D eigenvalue weighted by molar-refractivity contribution is -0.455. The molecule has 1 saturated heterocycles. The van der Waals surface area contributed by atoms with Crippen LogP contribution in [0.25, 0.3) is 0 Å². The summed E-state index contributed by atoms with van der Waals surface area (Å²) in [5.41, 5.74) is 1.25. The summed E-state index contributed by atoms with van der Waals surface area (Å²) in [4.78, 5) is 9.79. The molecular formula is C9H12O2. The first kappa shape index (κ1) is 7.07.